The summed E-state index contributed by atoms with van der Waals surface area (Å²) in [6.45, 7) is 5.67. The summed E-state index contributed by atoms with van der Waals surface area (Å²) < 4.78 is 5.25. The smallest absolute Gasteiger partial charge is 0.0491 e. The predicted molar refractivity (Wildman–Crippen MR) is 70.9 cm³/mol. The van der Waals surface area contributed by atoms with E-state index in [1.807, 2.05) is 7.11 Å². The van der Waals surface area contributed by atoms with Crippen molar-refractivity contribution in [1.82, 2.24) is 4.90 Å². The van der Waals surface area contributed by atoms with Crippen molar-refractivity contribution in [2.75, 3.05) is 39.9 Å². The minimum Gasteiger partial charge on any atom is -0.384 e. The number of nitrogens with zero attached hydrogens (tertiary/aromatic N) is 1. The average Bonchev–Trinajstić information content (AvgIpc) is 2.79. The second kappa shape index (κ2) is 6.72. The highest BCUT2D eigenvalue weighted by atomic mass is 16.5. The van der Waals surface area contributed by atoms with Crippen molar-refractivity contribution in [3.8, 4) is 0 Å². The van der Waals surface area contributed by atoms with Gasteiger partial charge in [0.25, 0.3) is 0 Å². The van der Waals surface area contributed by atoms with Crippen LogP contribution in [0.3, 0.4) is 0 Å². The first-order chi connectivity index (χ1) is 8.33. The lowest BCUT2D eigenvalue weighted by atomic mass is 9.93. The number of hydrogen-bond acceptors (Lipinski definition) is 3. The first kappa shape index (κ1) is 13.3. The first-order valence-electron chi connectivity index (χ1n) is 7.24. The quantitative estimate of drug-likeness (QED) is 0.795. The van der Waals surface area contributed by atoms with Crippen LogP contribution >= 0.6 is 0 Å². The van der Waals surface area contributed by atoms with E-state index in [9.17, 15) is 0 Å². The minimum absolute atomic E-state index is 0.796. The van der Waals surface area contributed by atoms with Gasteiger partial charge in [-0.25, -0.2) is 0 Å². The number of likely N-dealkylation sites (tertiary alicyclic amines) is 1. The van der Waals surface area contributed by atoms with Crippen LogP contribution < -0.4 is 5.73 Å². The zero-order chi connectivity index (χ0) is 12.1. The van der Waals surface area contributed by atoms with Crippen LogP contribution in [0, 0.1) is 17.8 Å². The Morgan fingerprint density at radius 1 is 1.12 bits per heavy atom. The van der Waals surface area contributed by atoms with Crippen molar-refractivity contribution in [2.45, 2.75) is 32.1 Å². The average molecular weight is 240 g/mol. The molecule has 3 nitrogen and oxygen atoms in total. The molecule has 0 aromatic heterocycles. The highest BCUT2D eigenvalue weighted by Crippen LogP contribution is 2.32. The summed E-state index contributed by atoms with van der Waals surface area (Å²) in [6.07, 6.45) is 6.79. The van der Waals surface area contributed by atoms with Crippen LogP contribution in [0.1, 0.15) is 32.1 Å². The summed E-state index contributed by atoms with van der Waals surface area (Å²) in [5, 5.41) is 0. The fourth-order valence-electron chi connectivity index (χ4n) is 3.57. The Labute approximate surface area is 106 Å². The maximum atomic E-state index is 5.86. The molecule has 1 saturated carbocycles. The van der Waals surface area contributed by atoms with Crippen molar-refractivity contribution in [3.63, 3.8) is 0 Å². The Morgan fingerprint density at radius 3 is 2.47 bits per heavy atom. The molecule has 100 valence electrons. The topological polar surface area (TPSA) is 38.5 Å². The molecule has 2 aliphatic rings. The lowest BCUT2D eigenvalue weighted by Crippen LogP contribution is -2.39. The lowest BCUT2D eigenvalue weighted by molar-refractivity contribution is 0.0892. The molecular weight excluding hydrogens is 212 g/mol. The molecule has 1 heterocycles. The largest absolute Gasteiger partial charge is 0.384 e. The van der Waals surface area contributed by atoms with E-state index < -0.39 is 0 Å². The molecule has 3 heteroatoms. The van der Waals surface area contributed by atoms with E-state index in [4.69, 9.17) is 10.5 Å². The third-order valence-electron chi connectivity index (χ3n) is 4.72. The van der Waals surface area contributed by atoms with Gasteiger partial charge >= 0.3 is 0 Å². The van der Waals surface area contributed by atoms with E-state index in [-0.39, 0.29) is 0 Å². The van der Waals surface area contributed by atoms with Crippen LogP contribution in [0.4, 0.5) is 0 Å². The summed E-state index contributed by atoms with van der Waals surface area (Å²) in [4.78, 5) is 2.66. The van der Waals surface area contributed by atoms with Gasteiger partial charge in [-0.1, -0.05) is 6.42 Å². The van der Waals surface area contributed by atoms with Gasteiger partial charge in [0, 0.05) is 20.3 Å². The van der Waals surface area contributed by atoms with Crippen molar-refractivity contribution in [2.24, 2.45) is 23.5 Å². The zero-order valence-corrected chi connectivity index (χ0v) is 11.2. The third-order valence-corrected chi connectivity index (χ3v) is 4.72. The fourth-order valence-corrected chi connectivity index (χ4v) is 3.57. The number of ether oxygens (including phenoxy) is 1. The molecule has 0 aromatic carbocycles. The molecular formula is C14H28N2O. The Kier molecular flexibility index (Phi) is 5.26. The summed E-state index contributed by atoms with van der Waals surface area (Å²) in [5.41, 5.74) is 5.86. The Morgan fingerprint density at radius 2 is 1.82 bits per heavy atom. The van der Waals surface area contributed by atoms with Crippen LogP contribution in [0.5, 0.6) is 0 Å². The van der Waals surface area contributed by atoms with Gasteiger partial charge in [0.15, 0.2) is 0 Å². The maximum Gasteiger partial charge on any atom is 0.0491 e. The van der Waals surface area contributed by atoms with Gasteiger partial charge in [-0.15, -0.1) is 0 Å². The van der Waals surface area contributed by atoms with E-state index in [1.54, 1.807) is 0 Å². The van der Waals surface area contributed by atoms with E-state index in [0.29, 0.717) is 0 Å². The van der Waals surface area contributed by atoms with Crippen molar-refractivity contribution < 1.29 is 4.74 Å². The van der Waals surface area contributed by atoms with Crippen molar-refractivity contribution in [3.05, 3.63) is 0 Å². The number of rotatable bonds is 5. The van der Waals surface area contributed by atoms with Crippen LogP contribution in [0.15, 0.2) is 0 Å². The van der Waals surface area contributed by atoms with Gasteiger partial charge in [-0.2, -0.15) is 0 Å². The second-order valence-electron chi connectivity index (χ2n) is 5.89. The van der Waals surface area contributed by atoms with Gasteiger partial charge in [-0.05, 0) is 63.1 Å². The van der Waals surface area contributed by atoms with E-state index >= 15 is 0 Å². The lowest BCUT2D eigenvalue weighted by Gasteiger charge is -2.34. The van der Waals surface area contributed by atoms with Crippen LogP contribution in [-0.4, -0.2) is 44.8 Å². The standard InChI is InChI=1S/C14H28N2O/c1-17-11-12-5-7-16(8-6-12)10-14-4-2-3-13(14)9-15/h12-14H,2-11,15H2,1H3. The molecule has 0 radical (unpaired) electrons. The highest BCUT2D eigenvalue weighted by Gasteiger charge is 2.29. The summed E-state index contributed by atoms with van der Waals surface area (Å²) in [6, 6.07) is 0. The molecule has 1 saturated heterocycles. The highest BCUT2D eigenvalue weighted by molar-refractivity contribution is 4.82. The molecule has 17 heavy (non-hydrogen) atoms. The molecule has 2 unspecified atom stereocenters. The van der Waals surface area contributed by atoms with E-state index in [1.165, 1.54) is 51.7 Å². The molecule has 1 aliphatic carbocycles. The summed E-state index contributed by atoms with van der Waals surface area (Å²) in [5.74, 6) is 2.47. The Bertz CT molecular complexity index is 214. The van der Waals surface area contributed by atoms with Gasteiger partial charge in [0.1, 0.15) is 0 Å². The molecule has 2 rings (SSSR count). The SMILES string of the molecule is COCC1CCN(CC2CCCC2CN)CC1. The molecule has 0 spiro atoms. The molecule has 0 amide bonds. The molecule has 1 aliphatic heterocycles. The van der Waals surface area contributed by atoms with Crippen molar-refractivity contribution >= 4 is 0 Å². The first-order valence-corrected chi connectivity index (χ1v) is 7.24. The van der Waals surface area contributed by atoms with Gasteiger partial charge < -0.3 is 15.4 Å². The van der Waals surface area contributed by atoms with E-state index in [2.05, 4.69) is 4.90 Å². The Balaban J connectivity index is 1.70. The third kappa shape index (κ3) is 3.67. The predicted octanol–water partition coefficient (Wildman–Crippen LogP) is 1.72. The van der Waals surface area contributed by atoms with Gasteiger partial charge in [-0.3, -0.25) is 0 Å². The van der Waals surface area contributed by atoms with E-state index in [0.717, 1.165) is 30.9 Å². The normalized spacial score (nSPS) is 32.1. The fraction of sp³-hybridized carbons (Fsp3) is 1.00. The number of piperidine rings is 1. The number of methoxy groups -OCH3 is 1. The number of nitrogens with two attached hydrogens (primary N) is 1. The molecule has 0 bridgehead atoms. The molecule has 2 N–H and O–H groups in total. The molecule has 0 aromatic rings. The number of hydrogen-bond donors (Lipinski definition) is 1. The molecule has 2 fully saturated rings. The van der Waals surface area contributed by atoms with Crippen molar-refractivity contribution in [1.29, 1.82) is 0 Å². The van der Waals surface area contributed by atoms with Crippen LogP contribution in [0.25, 0.3) is 0 Å². The minimum atomic E-state index is 0.796. The van der Waals surface area contributed by atoms with Gasteiger partial charge in [0.05, 0.1) is 0 Å². The van der Waals surface area contributed by atoms with Crippen LogP contribution in [0.2, 0.25) is 0 Å². The zero-order valence-electron chi connectivity index (χ0n) is 11.2. The van der Waals surface area contributed by atoms with Crippen LogP contribution in [-0.2, 0) is 4.74 Å². The summed E-state index contributed by atoms with van der Waals surface area (Å²) >= 11 is 0. The second-order valence-corrected chi connectivity index (χ2v) is 5.89. The Hall–Kier alpha value is -0.120. The van der Waals surface area contributed by atoms with Gasteiger partial charge in [0.2, 0.25) is 0 Å². The maximum absolute atomic E-state index is 5.86. The summed E-state index contributed by atoms with van der Waals surface area (Å²) in [7, 11) is 1.82. The molecule has 2 atom stereocenters. The monoisotopic (exact) mass is 240 g/mol.